The lowest BCUT2D eigenvalue weighted by molar-refractivity contribution is 0.338. The summed E-state index contributed by atoms with van der Waals surface area (Å²) in [5.41, 5.74) is 4.45. The normalized spacial score (nSPS) is 11.6. The lowest BCUT2D eigenvalue weighted by Gasteiger charge is -2.10. The number of nitrogen functional groups attached to an aromatic ring is 1. The lowest BCUT2D eigenvalue weighted by Crippen LogP contribution is -2.13. The molecule has 0 bridgehead atoms. The van der Waals surface area contributed by atoms with Crippen LogP contribution < -0.4 is 15.3 Å². The Morgan fingerprint density at radius 3 is 2.44 bits per heavy atom. The van der Waals surface area contributed by atoms with Gasteiger partial charge in [-0.2, -0.15) is 8.42 Å². The first-order valence-corrected chi connectivity index (χ1v) is 8.08. The number of benzene rings is 2. The summed E-state index contributed by atoms with van der Waals surface area (Å²) in [5, 5.41) is 19.0. The zero-order valence-corrected chi connectivity index (χ0v) is 13.1. The van der Waals surface area contributed by atoms with Gasteiger partial charge < -0.3 is 24.5 Å². The number of aromatic hydroxyl groups is 2. The molecule has 3 aromatic rings. The van der Waals surface area contributed by atoms with Gasteiger partial charge in [0, 0.05) is 6.07 Å². The average molecular weight is 365 g/mol. The highest BCUT2D eigenvalue weighted by molar-refractivity contribution is 7.81. The summed E-state index contributed by atoms with van der Waals surface area (Å²) in [7, 11) is -5.00. The minimum atomic E-state index is -5.00. The predicted molar refractivity (Wildman–Crippen MR) is 87.8 cm³/mol. The van der Waals surface area contributed by atoms with Crippen molar-refractivity contribution >= 4 is 27.1 Å². The number of anilines is 1. The molecule has 0 saturated heterocycles. The van der Waals surface area contributed by atoms with Crippen LogP contribution in [0.25, 0.3) is 22.1 Å². The van der Waals surface area contributed by atoms with E-state index in [1.54, 1.807) is 0 Å². The highest BCUT2D eigenvalue weighted by atomic mass is 32.3. The van der Waals surface area contributed by atoms with Crippen LogP contribution in [0.3, 0.4) is 0 Å². The van der Waals surface area contributed by atoms with E-state index in [1.807, 2.05) is 0 Å². The van der Waals surface area contributed by atoms with Crippen molar-refractivity contribution in [1.82, 2.24) is 0 Å². The van der Waals surface area contributed by atoms with E-state index >= 15 is 0 Å². The maximum atomic E-state index is 12.7. The standard InChI is InChI=1S/C15H11NO8S/c16-10-5-7(1-4-11(10)18)13-14(19)9-3-2-8(17)6-12(9)23-15(13)24-25(20,21)22/h1-6,17-18H,16H2,(H,20,21,22). The first kappa shape index (κ1) is 16.6. The molecule has 1 aromatic heterocycles. The van der Waals surface area contributed by atoms with E-state index in [2.05, 4.69) is 4.18 Å². The van der Waals surface area contributed by atoms with Crippen molar-refractivity contribution in [3.8, 4) is 28.6 Å². The third kappa shape index (κ3) is 3.20. The Hall–Kier alpha value is -3.24. The van der Waals surface area contributed by atoms with Crippen molar-refractivity contribution < 1.29 is 31.8 Å². The first-order chi connectivity index (χ1) is 11.7. The van der Waals surface area contributed by atoms with E-state index in [1.165, 1.54) is 30.3 Å². The number of nitrogens with two attached hydrogens (primary N) is 1. The van der Waals surface area contributed by atoms with Crippen molar-refractivity contribution in [2.24, 2.45) is 0 Å². The Labute approximate surface area is 140 Å². The van der Waals surface area contributed by atoms with Crippen LogP contribution in [-0.2, 0) is 10.4 Å². The smallest absolute Gasteiger partial charge is 0.449 e. The topological polar surface area (TPSA) is 160 Å². The maximum absolute atomic E-state index is 12.7. The van der Waals surface area contributed by atoms with Crippen LogP contribution >= 0.6 is 0 Å². The Morgan fingerprint density at radius 2 is 1.80 bits per heavy atom. The maximum Gasteiger partial charge on any atom is 0.449 e. The first-order valence-electron chi connectivity index (χ1n) is 6.71. The van der Waals surface area contributed by atoms with Crippen molar-refractivity contribution in [2.45, 2.75) is 0 Å². The molecule has 0 aliphatic heterocycles. The highest BCUT2D eigenvalue weighted by Gasteiger charge is 2.22. The minimum Gasteiger partial charge on any atom is -0.508 e. The van der Waals surface area contributed by atoms with Crippen molar-refractivity contribution in [1.29, 1.82) is 0 Å². The molecule has 1 heterocycles. The van der Waals surface area contributed by atoms with E-state index in [4.69, 9.17) is 14.7 Å². The number of hydrogen-bond acceptors (Lipinski definition) is 8. The van der Waals surface area contributed by atoms with Gasteiger partial charge in [-0.05, 0) is 29.8 Å². The molecule has 0 spiro atoms. The van der Waals surface area contributed by atoms with Gasteiger partial charge in [0.1, 0.15) is 22.6 Å². The van der Waals surface area contributed by atoms with E-state index in [0.717, 1.165) is 6.07 Å². The third-order valence-electron chi connectivity index (χ3n) is 3.34. The Morgan fingerprint density at radius 1 is 1.08 bits per heavy atom. The molecule has 2 aromatic carbocycles. The van der Waals surface area contributed by atoms with Crippen molar-refractivity contribution in [2.75, 3.05) is 5.73 Å². The van der Waals surface area contributed by atoms with E-state index < -0.39 is 21.8 Å². The second-order valence-electron chi connectivity index (χ2n) is 5.06. The molecule has 0 atom stereocenters. The molecule has 0 amide bonds. The fraction of sp³-hybridized carbons (Fsp3) is 0. The largest absolute Gasteiger partial charge is 0.508 e. The fourth-order valence-electron chi connectivity index (χ4n) is 2.27. The SMILES string of the molecule is Nc1cc(-c2c(OS(=O)(=O)O)oc3cc(O)ccc3c2=O)ccc1O. The number of rotatable bonds is 3. The quantitative estimate of drug-likeness (QED) is 0.307. The molecule has 0 aliphatic rings. The monoisotopic (exact) mass is 365 g/mol. The molecule has 0 unspecified atom stereocenters. The second kappa shape index (κ2) is 5.69. The summed E-state index contributed by atoms with van der Waals surface area (Å²) in [4.78, 5) is 12.7. The van der Waals surface area contributed by atoms with Gasteiger partial charge >= 0.3 is 16.3 Å². The van der Waals surface area contributed by atoms with Crippen molar-refractivity contribution in [3.05, 3.63) is 46.6 Å². The average Bonchev–Trinajstić information content (AvgIpc) is 2.48. The summed E-state index contributed by atoms with van der Waals surface area (Å²) in [5.74, 6) is -1.28. The number of hydrogen-bond donors (Lipinski definition) is 4. The Balaban J connectivity index is 2.39. The third-order valence-corrected chi connectivity index (χ3v) is 3.70. The molecule has 9 nitrogen and oxygen atoms in total. The van der Waals surface area contributed by atoms with E-state index in [-0.39, 0.29) is 39.3 Å². The van der Waals surface area contributed by atoms with Gasteiger partial charge in [0.15, 0.2) is 0 Å². The molecule has 0 aliphatic carbocycles. The summed E-state index contributed by atoms with van der Waals surface area (Å²) in [6.45, 7) is 0. The van der Waals surface area contributed by atoms with Gasteiger partial charge in [-0.3, -0.25) is 9.35 Å². The van der Waals surface area contributed by atoms with Crippen LogP contribution in [0.4, 0.5) is 5.69 Å². The summed E-state index contributed by atoms with van der Waals surface area (Å²) >= 11 is 0. The summed E-state index contributed by atoms with van der Waals surface area (Å²) in [6.07, 6.45) is 0. The summed E-state index contributed by atoms with van der Waals surface area (Å²) in [6, 6.07) is 7.31. The lowest BCUT2D eigenvalue weighted by atomic mass is 10.0. The van der Waals surface area contributed by atoms with Gasteiger partial charge in [0.2, 0.25) is 5.43 Å². The molecule has 0 radical (unpaired) electrons. The van der Waals surface area contributed by atoms with Crippen LogP contribution in [0, 0.1) is 0 Å². The van der Waals surface area contributed by atoms with Crippen molar-refractivity contribution in [3.63, 3.8) is 0 Å². The predicted octanol–water partition coefficient (Wildman–Crippen LogP) is 1.63. The summed E-state index contributed by atoms with van der Waals surface area (Å²) < 4.78 is 40.7. The minimum absolute atomic E-state index is 0.0298. The molecule has 5 N–H and O–H groups in total. The molecule has 10 heteroatoms. The number of phenolic OH excluding ortho intramolecular Hbond substituents is 2. The van der Waals surface area contributed by atoms with Gasteiger partial charge in [0.05, 0.1) is 11.1 Å². The van der Waals surface area contributed by atoms with Crippen LogP contribution in [0.5, 0.6) is 17.4 Å². The van der Waals surface area contributed by atoms with Crippen LogP contribution in [-0.4, -0.2) is 23.2 Å². The molecule has 130 valence electrons. The second-order valence-corrected chi connectivity index (χ2v) is 6.08. The molecular weight excluding hydrogens is 354 g/mol. The Bertz CT molecular complexity index is 1150. The number of phenols is 2. The molecule has 0 saturated carbocycles. The van der Waals surface area contributed by atoms with Gasteiger partial charge in [-0.1, -0.05) is 6.07 Å². The van der Waals surface area contributed by atoms with Gasteiger partial charge in [-0.25, -0.2) is 0 Å². The molecule has 25 heavy (non-hydrogen) atoms. The van der Waals surface area contributed by atoms with Gasteiger partial charge in [0.25, 0.3) is 0 Å². The van der Waals surface area contributed by atoms with Crippen LogP contribution in [0.2, 0.25) is 0 Å². The highest BCUT2D eigenvalue weighted by Crippen LogP contribution is 2.34. The zero-order chi connectivity index (χ0) is 18.4. The van der Waals surface area contributed by atoms with E-state index in [0.29, 0.717) is 0 Å². The molecule has 0 fully saturated rings. The van der Waals surface area contributed by atoms with Crippen LogP contribution in [0.1, 0.15) is 0 Å². The van der Waals surface area contributed by atoms with Gasteiger partial charge in [-0.15, -0.1) is 0 Å². The Kier molecular flexibility index (Phi) is 3.78. The number of fused-ring (bicyclic) bond motifs is 1. The fourth-order valence-corrected chi connectivity index (χ4v) is 2.58. The molecular formula is C15H11NO8S. The zero-order valence-electron chi connectivity index (χ0n) is 12.3. The van der Waals surface area contributed by atoms with E-state index in [9.17, 15) is 23.4 Å². The van der Waals surface area contributed by atoms with Crippen LogP contribution in [0.15, 0.2) is 45.6 Å². The molecule has 3 rings (SSSR count).